The highest BCUT2D eigenvalue weighted by Gasteiger charge is 2.17. The fourth-order valence-corrected chi connectivity index (χ4v) is 5.45. The SMILES string of the molecule is C=C/C=C(/c1ccsc1)c1cc(-c2n[nH]c3cnc(C(/C=C(\C=C)CCc4ccccc4)=C/C)cc23)[nH]c1C. The summed E-state index contributed by atoms with van der Waals surface area (Å²) < 4.78 is 0. The number of hydrogen-bond acceptors (Lipinski definition) is 3. The molecule has 194 valence electrons. The third-order valence-corrected chi connectivity index (χ3v) is 7.56. The minimum absolute atomic E-state index is 0.874. The minimum Gasteiger partial charge on any atom is -0.357 e. The highest BCUT2D eigenvalue weighted by atomic mass is 32.1. The number of allylic oxidation sites excluding steroid dienone is 7. The first-order chi connectivity index (χ1) is 19.1. The van der Waals surface area contributed by atoms with Gasteiger partial charge in [-0.2, -0.15) is 16.4 Å². The molecule has 0 fully saturated rings. The number of nitrogens with zero attached hydrogens (tertiary/aromatic N) is 2. The Morgan fingerprint density at radius 2 is 1.95 bits per heavy atom. The standard InChI is InChI=1S/C34H32N4S/c1-5-11-28(27-16-17-39-22-27)29-19-32(36-23(29)4)34-30-20-31(35-21-33(30)37-38-34)26(7-3)18-24(6-2)14-15-25-12-9-8-10-13-25/h5-13,16-22,36H,1-2,14-15H2,3-4H3,(H,37,38)/b24-18+,26-7+,28-11-. The van der Waals surface area contributed by atoms with E-state index in [0.717, 1.165) is 63.2 Å². The van der Waals surface area contributed by atoms with Crippen molar-refractivity contribution in [2.75, 3.05) is 0 Å². The van der Waals surface area contributed by atoms with Gasteiger partial charge < -0.3 is 4.98 Å². The van der Waals surface area contributed by atoms with Gasteiger partial charge >= 0.3 is 0 Å². The van der Waals surface area contributed by atoms with Gasteiger partial charge in [-0.1, -0.05) is 67.8 Å². The molecule has 4 heterocycles. The van der Waals surface area contributed by atoms with Gasteiger partial charge in [0.25, 0.3) is 0 Å². The maximum Gasteiger partial charge on any atom is 0.116 e. The predicted octanol–water partition coefficient (Wildman–Crippen LogP) is 9.09. The second-order valence-electron chi connectivity index (χ2n) is 9.39. The molecule has 0 unspecified atom stereocenters. The van der Waals surface area contributed by atoms with Gasteiger partial charge in [-0.25, -0.2) is 0 Å². The lowest BCUT2D eigenvalue weighted by Gasteiger charge is -2.07. The number of hydrogen-bond donors (Lipinski definition) is 2. The molecule has 0 bridgehead atoms. The number of rotatable bonds is 10. The van der Waals surface area contributed by atoms with Crippen LogP contribution in [-0.2, 0) is 6.42 Å². The summed E-state index contributed by atoms with van der Waals surface area (Å²) >= 11 is 1.69. The van der Waals surface area contributed by atoms with E-state index in [9.17, 15) is 0 Å². The Balaban J connectivity index is 1.47. The Labute approximate surface area is 233 Å². The van der Waals surface area contributed by atoms with Crippen LogP contribution < -0.4 is 0 Å². The van der Waals surface area contributed by atoms with Gasteiger partial charge in [-0.05, 0) is 89.6 Å². The molecule has 0 amide bonds. The van der Waals surface area contributed by atoms with Crippen molar-refractivity contribution in [3.8, 4) is 11.4 Å². The van der Waals surface area contributed by atoms with Gasteiger partial charge in [-0.3, -0.25) is 10.1 Å². The van der Waals surface area contributed by atoms with Crippen molar-refractivity contribution in [2.45, 2.75) is 26.7 Å². The summed E-state index contributed by atoms with van der Waals surface area (Å²) in [6, 6.07) is 17.0. The summed E-state index contributed by atoms with van der Waals surface area (Å²) in [5, 5.41) is 13.1. The molecule has 0 aliphatic heterocycles. The molecule has 39 heavy (non-hydrogen) atoms. The largest absolute Gasteiger partial charge is 0.357 e. The van der Waals surface area contributed by atoms with Crippen LogP contribution in [0.25, 0.3) is 33.4 Å². The lowest BCUT2D eigenvalue weighted by molar-refractivity contribution is 0.966. The highest BCUT2D eigenvalue weighted by molar-refractivity contribution is 7.08. The van der Waals surface area contributed by atoms with Crippen LogP contribution in [0.15, 0.2) is 115 Å². The number of benzene rings is 1. The van der Waals surface area contributed by atoms with Crippen LogP contribution in [0, 0.1) is 6.92 Å². The number of fused-ring (bicyclic) bond motifs is 1. The van der Waals surface area contributed by atoms with Crippen molar-refractivity contribution in [2.24, 2.45) is 0 Å². The topological polar surface area (TPSA) is 57.4 Å². The van der Waals surface area contributed by atoms with Crippen LogP contribution in [0.1, 0.15) is 41.4 Å². The molecule has 5 rings (SSSR count). The minimum atomic E-state index is 0.874. The zero-order valence-electron chi connectivity index (χ0n) is 22.4. The normalized spacial score (nSPS) is 12.7. The maximum absolute atomic E-state index is 4.75. The predicted molar refractivity (Wildman–Crippen MR) is 167 cm³/mol. The quantitative estimate of drug-likeness (QED) is 0.178. The molecule has 4 nitrogen and oxygen atoms in total. The van der Waals surface area contributed by atoms with E-state index in [1.807, 2.05) is 31.3 Å². The van der Waals surface area contributed by atoms with Gasteiger partial charge in [0.1, 0.15) is 5.69 Å². The molecule has 5 heteroatoms. The van der Waals surface area contributed by atoms with E-state index >= 15 is 0 Å². The number of pyridine rings is 1. The average molecular weight is 529 g/mol. The zero-order valence-corrected chi connectivity index (χ0v) is 23.2. The number of aryl methyl sites for hydroxylation is 2. The molecule has 0 saturated carbocycles. The van der Waals surface area contributed by atoms with Crippen LogP contribution in [0.3, 0.4) is 0 Å². The van der Waals surface area contributed by atoms with Crippen molar-refractivity contribution in [1.29, 1.82) is 0 Å². The zero-order chi connectivity index (χ0) is 27.2. The van der Waals surface area contributed by atoms with E-state index in [2.05, 4.69) is 107 Å². The molecular weight excluding hydrogens is 496 g/mol. The summed E-state index contributed by atoms with van der Waals surface area (Å²) in [5.74, 6) is 0. The van der Waals surface area contributed by atoms with E-state index in [-0.39, 0.29) is 0 Å². The van der Waals surface area contributed by atoms with Crippen molar-refractivity contribution < 1.29 is 0 Å². The van der Waals surface area contributed by atoms with Crippen molar-refractivity contribution >= 4 is 33.4 Å². The summed E-state index contributed by atoms with van der Waals surface area (Å²) in [6.45, 7) is 12.1. The van der Waals surface area contributed by atoms with Crippen molar-refractivity contribution in [3.05, 3.63) is 143 Å². The summed E-state index contributed by atoms with van der Waals surface area (Å²) in [5.41, 5.74) is 11.7. The molecule has 1 aromatic carbocycles. The van der Waals surface area contributed by atoms with Crippen LogP contribution in [-0.4, -0.2) is 20.2 Å². The lowest BCUT2D eigenvalue weighted by Crippen LogP contribution is -1.91. The Kier molecular flexibility index (Phi) is 7.99. The first kappa shape index (κ1) is 26.1. The lowest BCUT2D eigenvalue weighted by atomic mass is 9.99. The van der Waals surface area contributed by atoms with Gasteiger partial charge in [0, 0.05) is 16.6 Å². The van der Waals surface area contributed by atoms with Crippen molar-refractivity contribution in [3.63, 3.8) is 0 Å². The average Bonchev–Trinajstić information content (AvgIpc) is 3.72. The van der Waals surface area contributed by atoms with Crippen LogP contribution >= 0.6 is 11.3 Å². The van der Waals surface area contributed by atoms with E-state index in [1.165, 1.54) is 16.7 Å². The first-order valence-electron chi connectivity index (χ1n) is 13.0. The van der Waals surface area contributed by atoms with E-state index in [0.29, 0.717) is 0 Å². The molecular formula is C34H32N4S. The second kappa shape index (κ2) is 11.9. The molecule has 0 saturated heterocycles. The number of H-pyrrole nitrogens is 2. The molecule has 4 aromatic heterocycles. The van der Waals surface area contributed by atoms with Crippen LogP contribution in [0.2, 0.25) is 0 Å². The third kappa shape index (κ3) is 5.69. The molecule has 5 aromatic rings. The van der Waals surface area contributed by atoms with E-state index in [1.54, 1.807) is 11.3 Å². The molecule has 2 N–H and O–H groups in total. The number of nitrogens with one attached hydrogen (secondary N) is 2. The highest BCUT2D eigenvalue weighted by Crippen LogP contribution is 2.34. The summed E-state index contributed by atoms with van der Waals surface area (Å²) in [6.07, 6.45) is 13.9. The fourth-order valence-electron chi connectivity index (χ4n) is 4.79. The molecule has 0 aliphatic carbocycles. The van der Waals surface area contributed by atoms with Crippen LogP contribution in [0.5, 0.6) is 0 Å². The third-order valence-electron chi connectivity index (χ3n) is 6.88. The first-order valence-corrected chi connectivity index (χ1v) is 14.0. The van der Waals surface area contributed by atoms with Crippen LogP contribution in [0.4, 0.5) is 0 Å². The molecule has 0 aliphatic rings. The number of thiophene rings is 1. The summed E-state index contributed by atoms with van der Waals surface area (Å²) in [4.78, 5) is 8.31. The van der Waals surface area contributed by atoms with Gasteiger partial charge in [0.05, 0.1) is 23.1 Å². The van der Waals surface area contributed by atoms with Crippen molar-refractivity contribution in [1.82, 2.24) is 20.2 Å². The monoisotopic (exact) mass is 528 g/mol. The smallest absolute Gasteiger partial charge is 0.116 e. The van der Waals surface area contributed by atoms with E-state index in [4.69, 9.17) is 4.98 Å². The fraction of sp³-hybridized carbons (Fsp3) is 0.118. The number of aromatic nitrogens is 4. The van der Waals surface area contributed by atoms with Gasteiger partial charge in [0.2, 0.25) is 0 Å². The molecule has 0 radical (unpaired) electrons. The van der Waals surface area contributed by atoms with E-state index < -0.39 is 0 Å². The Morgan fingerprint density at radius 1 is 1.10 bits per heavy atom. The maximum atomic E-state index is 4.75. The number of aromatic amines is 2. The van der Waals surface area contributed by atoms with Gasteiger partial charge in [0.15, 0.2) is 0 Å². The summed E-state index contributed by atoms with van der Waals surface area (Å²) in [7, 11) is 0. The van der Waals surface area contributed by atoms with Gasteiger partial charge in [-0.15, -0.1) is 0 Å². The Morgan fingerprint density at radius 3 is 2.67 bits per heavy atom. The Bertz CT molecular complexity index is 1690. The Hall–Kier alpha value is -4.48. The molecule has 0 atom stereocenters. The molecule has 0 spiro atoms. The second-order valence-corrected chi connectivity index (χ2v) is 10.2.